The third-order valence-corrected chi connectivity index (χ3v) is 10.2. The first kappa shape index (κ1) is 35.4. The number of anilines is 1. The second-order valence-corrected chi connectivity index (χ2v) is 13.6. The molecule has 2 aliphatic carbocycles. The largest absolute Gasteiger partial charge is 0.379 e. The van der Waals surface area contributed by atoms with Crippen molar-refractivity contribution >= 4 is 41.1 Å². The summed E-state index contributed by atoms with van der Waals surface area (Å²) in [5.41, 5.74) is 1.01. The molecule has 12 heteroatoms. The van der Waals surface area contributed by atoms with Crippen LogP contribution in [0, 0.1) is 23.2 Å². The van der Waals surface area contributed by atoms with Gasteiger partial charge in [0.25, 0.3) is 0 Å². The number of carbonyl (C=O) groups is 6. The molecule has 0 bridgehead atoms. The molecule has 2 aliphatic heterocycles. The van der Waals surface area contributed by atoms with Crippen molar-refractivity contribution in [3.8, 4) is 0 Å². The first-order chi connectivity index (χ1) is 23.1. The van der Waals surface area contributed by atoms with Gasteiger partial charge in [-0.25, -0.2) is 0 Å². The van der Waals surface area contributed by atoms with E-state index in [1.807, 2.05) is 25.1 Å². The monoisotopic (exact) mass is 664 g/mol. The summed E-state index contributed by atoms with van der Waals surface area (Å²) < 4.78 is 11.1. The highest BCUT2D eigenvalue weighted by Gasteiger charge is 2.53. The van der Waals surface area contributed by atoms with E-state index in [4.69, 9.17) is 9.47 Å². The number of carbonyl (C=O) groups excluding carboxylic acids is 6. The topological polar surface area (TPSA) is 151 Å². The van der Waals surface area contributed by atoms with Crippen molar-refractivity contribution in [2.24, 2.45) is 23.2 Å². The number of hydrogen-bond acceptors (Lipinski definition) is 8. The molecule has 1 aromatic rings. The molecule has 0 aromatic heterocycles. The van der Waals surface area contributed by atoms with Gasteiger partial charge in [0.1, 0.15) is 0 Å². The molecule has 5 rings (SSSR count). The van der Waals surface area contributed by atoms with E-state index in [0.29, 0.717) is 64.4 Å². The number of allylic oxidation sites excluding steroid dienone is 2. The minimum absolute atomic E-state index is 0.0153. The molecule has 4 aliphatic rings. The fraction of sp³-hybridized carbons (Fsp3) is 0.611. The summed E-state index contributed by atoms with van der Waals surface area (Å²) in [5.74, 6) is -0.191. The van der Waals surface area contributed by atoms with Gasteiger partial charge >= 0.3 is 0 Å². The second-order valence-electron chi connectivity index (χ2n) is 13.6. The lowest BCUT2D eigenvalue weighted by molar-refractivity contribution is -0.152. The molecular formula is C36H48N4O8. The molecule has 0 spiro atoms. The minimum atomic E-state index is -0.604. The van der Waals surface area contributed by atoms with Crippen LogP contribution in [0.1, 0.15) is 70.3 Å². The van der Waals surface area contributed by atoms with Crippen molar-refractivity contribution in [2.45, 2.75) is 71.1 Å². The van der Waals surface area contributed by atoms with Crippen molar-refractivity contribution in [2.75, 3.05) is 51.4 Å². The molecule has 6 amide bonds. The SMILES string of the molecule is CC1(C2C=CC2)CC(=O)N(CC2CCC(C(=O)NCCOCCOCCC(=O)Nc3ccc(CCC(=O)N4CCC4=O)cc3)CC2)C1=O. The van der Waals surface area contributed by atoms with Crippen LogP contribution in [0.2, 0.25) is 0 Å². The highest BCUT2D eigenvalue weighted by atomic mass is 16.5. The Morgan fingerprint density at radius 2 is 1.62 bits per heavy atom. The number of hydrogen-bond donors (Lipinski definition) is 2. The average Bonchev–Trinajstić information content (AvgIpc) is 3.24. The van der Waals surface area contributed by atoms with Crippen LogP contribution in [0.15, 0.2) is 36.4 Å². The Labute approximate surface area is 281 Å². The third kappa shape index (κ3) is 8.96. The Hall–Kier alpha value is -3.90. The van der Waals surface area contributed by atoms with Crippen LogP contribution in [0.4, 0.5) is 5.69 Å². The maximum Gasteiger partial charge on any atom is 0.236 e. The van der Waals surface area contributed by atoms with Crippen molar-refractivity contribution in [3.63, 3.8) is 0 Å². The Morgan fingerprint density at radius 1 is 0.917 bits per heavy atom. The van der Waals surface area contributed by atoms with Gasteiger partial charge in [0, 0.05) is 50.5 Å². The van der Waals surface area contributed by atoms with Gasteiger partial charge in [-0.2, -0.15) is 0 Å². The quantitative estimate of drug-likeness (QED) is 0.112. The zero-order valence-electron chi connectivity index (χ0n) is 27.9. The highest BCUT2D eigenvalue weighted by Crippen LogP contribution is 2.45. The second kappa shape index (κ2) is 16.5. The molecule has 48 heavy (non-hydrogen) atoms. The normalized spacial score (nSPS) is 25.1. The van der Waals surface area contributed by atoms with E-state index in [1.54, 1.807) is 12.1 Å². The molecule has 260 valence electrons. The molecule has 1 aromatic carbocycles. The van der Waals surface area contributed by atoms with Gasteiger partial charge in [-0.15, -0.1) is 0 Å². The average molecular weight is 665 g/mol. The van der Waals surface area contributed by atoms with E-state index in [0.717, 1.165) is 37.7 Å². The summed E-state index contributed by atoms with van der Waals surface area (Å²) in [6, 6.07) is 7.29. The van der Waals surface area contributed by atoms with Crippen LogP contribution in [-0.2, 0) is 44.7 Å². The van der Waals surface area contributed by atoms with Gasteiger partial charge in [0.2, 0.25) is 35.4 Å². The maximum absolute atomic E-state index is 13.1. The molecule has 2 saturated heterocycles. The number of aryl methyl sites for hydroxylation is 1. The fourth-order valence-corrected chi connectivity index (χ4v) is 6.81. The first-order valence-electron chi connectivity index (χ1n) is 17.3. The first-order valence-corrected chi connectivity index (χ1v) is 17.3. The molecule has 3 fully saturated rings. The van der Waals surface area contributed by atoms with Crippen molar-refractivity contribution in [1.82, 2.24) is 15.1 Å². The lowest BCUT2D eigenvalue weighted by Gasteiger charge is -2.34. The summed E-state index contributed by atoms with van der Waals surface area (Å²) in [4.78, 5) is 76.7. The lowest BCUT2D eigenvalue weighted by atomic mass is 9.70. The number of nitrogens with one attached hydrogen (secondary N) is 2. The van der Waals surface area contributed by atoms with Gasteiger partial charge < -0.3 is 20.1 Å². The third-order valence-electron chi connectivity index (χ3n) is 10.2. The molecule has 2 heterocycles. The van der Waals surface area contributed by atoms with Crippen LogP contribution in [0.5, 0.6) is 0 Å². The fourth-order valence-electron chi connectivity index (χ4n) is 6.81. The van der Waals surface area contributed by atoms with Crippen LogP contribution in [0.25, 0.3) is 0 Å². The molecule has 1 saturated carbocycles. The number of nitrogens with zero attached hydrogens (tertiary/aromatic N) is 2. The Kier molecular flexibility index (Phi) is 12.2. The standard InChI is InChI=1S/C36H48N4O8/c1-36(28-3-2-4-28)23-33(44)40(35(36)46)24-26-5-10-27(11-6-26)34(45)37-17-20-48-22-21-47-19-16-30(41)38-29-12-7-25(8-13-29)9-14-31(42)39-18-15-32(39)43/h2-3,7-8,12-13,26-28H,4-6,9-11,14-24H2,1H3,(H,37,45)(H,38,41). The lowest BCUT2D eigenvalue weighted by Crippen LogP contribution is -2.47. The van der Waals surface area contributed by atoms with Crippen molar-refractivity contribution in [3.05, 3.63) is 42.0 Å². The number of amides is 6. The molecule has 2 unspecified atom stereocenters. The minimum Gasteiger partial charge on any atom is -0.379 e. The van der Waals surface area contributed by atoms with Crippen molar-refractivity contribution in [1.29, 1.82) is 0 Å². The number of β-lactam (4-membered cyclic amide) rings is 1. The summed E-state index contributed by atoms with van der Waals surface area (Å²) >= 11 is 0. The van der Waals surface area contributed by atoms with Gasteiger partial charge in [-0.1, -0.05) is 24.3 Å². The number of rotatable bonds is 17. The van der Waals surface area contributed by atoms with Gasteiger partial charge in [0.15, 0.2) is 0 Å². The zero-order valence-corrected chi connectivity index (χ0v) is 27.9. The summed E-state index contributed by atoms with van der Waals surface area (Å²) in [5, 5.41) is 5.77. The molecule has 0 radical (unpaired) electrons. The van der Waals surface area contributed by atoms with Crippen LogP contribution in [0.3, 0.4) is 0 Å². The molecule has 12 nitrogen and oxygen atoms in total. The number of ether oxygens (including phenoxy) is 2. The highest BCUT2D eigenvalue weighted by molar-refractivity contribution is 6.06. The van der Waals surface area contributed by atoms with E-state index < -0.39 is 5.41 Å². The van der Waals surface area contributed by atoms with Gasteiger partial charge in [-0.3, -0.25) is 38.6 Å². The Morgan fingerprint density at radius 3 is 2.25 bits per heavy atom. The Bertz CT molecular complexity index is 1390. The molecule has 2 atom stereocenters. The summed E-state index contributed by atoms with van der Waals surface area (Å²) in [7, 11) is 0. The van der Waals surface area contributed by atoms with E-state index in [1.165, 1.54) is 9.80 Å². The Balaban J connectivity index is 0.850. The van der Waals surface area contributed by atoms with Gasteiger partial charge in [0.05, 0.1) is 38.3 Å². The molecular weight excluding hydrogens is 616 g/mol. The van der Waals surface area contributed by atoms with E-state index in [9.17, 15) is 28.8 Å². The number of benzene rings is 1. The summed E-state index contributed by atoms with van der Waals surface area (Å²) in [6.07, 6.45) is 9.83. The number of likely N-dealkylation sites (tertiary alicyclic amines) is 2. The van der Waals surface area contributed by atoms with Gasteiger partial charge in [-0.05, 0) is 75.0 Å². The van der Waals surface area contributed by atoms with E-state index in [2.05, 4.69) is 16.7 Å². The van der Waals surface area contributed by atoms with E-state index >= 15 is 0 Å². The predicted octanol–water partition coefficient (Wildman–Crippen LogP) is 3.00. The smallest absolute Gasteiger partial charge is 0.236 e. The maximum atomic E-state index is 13.1. The van der Waals surface area contributed by atoms with Crippen LogP contribution in [-0.4, -0.2) is 91.3 Å². The molecule has 2 N–H and O–H groups in total. The zero-order chi connectivity index (χ0) is 34.1. The number of imide groups is 2. The van der Waals surface area contributed by atoms with Crippen LogP contribution >= 0.6 is 0 Å². The van der Waals surface area contributed by atoms with Crippen molar-refractivity contribution < 1.29 is 38.2 Å². The van der Waals surface area contributed by atoms with Crippen LogP contribution < -0.4 is 10.6 Å². The van der Waals surface area contributed by atoms with E-state index in [-0.39, 0.29) is 72.6 Å². The summed E-state index contributed by atoms with van der Waals surface area (Å²) in [6.45, 7) is 4.59. The predicted molar refractivity (Wildman–Crippen MR) is 176 cm³/mol.